The molecule has 0 saturated carbocycles. The van der Waals surface area contributed by atoms with Crippen molar-refractivity contribution >= 4 is 17.5 Å². The third-order valence-electron chi connectivity index (χ3n) is 3.55. The van der Waals surface area contributed by atoms with E-state index < -0.39 is 0 Å². The molecule has 1 aromatic heterocycles. The van der Waals surface area contributed by atoms with Crippen LogP contribution in [0.15, 0.2) is 53.1 Å². The Labute approximate surface area is 149 Å². The van der Waals surface area contributed by atoms with Crippen LogP contribution in [-0.2, 0) is 6.42 Å². The van der Waals surface area contributed by atoms with Gasteiger partial charge in [-0.3, -0.25) is 4.79 Å². The molecular weight excluding hydrogens is 342 g/mol. The lowest BCUT2D eigenvalue weighted by Gasteiger charge is -2.08. The molecule has 25 heavy (non-hydrogen) atoms. The van der Waals surface area contributed by atoms with Crippen LogP contribution >= 0.6 is 11.6 Å². The Hall–Kier alpha value is -2.86. The van der Waals surface area contributed by atoms with Gasteiger partial charge in [-0.15, -0.1) is 0 Å². The summed E-state index contributed by atoms with van der Waals surface area (Å²) in [7, 11) is 1.53. The molecule has 1 N–H and O–H groups in total. The maximum absolute atomic E-state index is 12.2. The third kappa shape index (κ3) is 4.16. The Bertz CT molecular complexity index is 862. The molecule has 128 valence electrons. The first-order valence-corrected chi connectivity index (χ1v) is 8.05. The Morgan fingerprint density at radius 2 is 1.96 bits per heavy atom. The fourth-order valence-electron chi connectivity index (χ4n) is 2.28. The summed E-state index contributed by atoms with van der Waals surface area (Å²) in [6, 6.07) is 14.2. The molecule has 0 aliphatic heterocycles. The Morgan fingerprint density at radius 3 is 2.72 bits per heavy atom. The predicted octanol–water partition coefficient (Wildman–Crippen LogP) is 3.37. The number of nitrogens with zero attached hydrogens (tertiary/aromatic N) is 2. The number of nitrogens with one attached hydrogen (secondary N) is 1. The van der Waals surface area contributed by atoms with Crippen LogP contribution in [-0.4, -0.2) is 29.7 Å². The average molecular weight is 358 g/mol. The van der Waals surface area contributed by atoms with Gasteiger partial charge < -0.3 is 14.6 Å². The summed E-state index contributed by atoms with van der Waals surface area (Å²) in [5, 5.41) is 7.40. The van der Waals surface area contributed by atoms with E-state index in [4.69, 9.17) is 20.9 Å². The number of aromatic nitrogens is 2. The number of carbonyl (C=O) groups is 1. The molecule has 0 fully saturated rings. The molecular formula is C18H16ClN3O3. The first-order valence-electron chi connectivity index (χ1n) is 7.67. The van der Waals surface area contributed by atoms with E-state index in [9.17, 15) is 4.79 Å². The maximum Gasteiger partial charge on any atom is 0.255 e. The molecule has 3 aromatic rings. The van der Waals surface area contributed by atoms with Gasteiger partial charge in [0, 0.05) is 23.6 Å². The average Bonchev–Trinajstić information content (AvgIpc) is 3.11. The molecule has 7 heteroatoms. The molecule has 1 amide bonds. The number of benzene rings is 2. The second-order valence-corrected chi connectivity index (χ2v) is 5.66. The molecule has 6 nitrogen and oxygen atoms in total. The molecule has 0 unspecified atom stereocenters. The van der Waals surface area contributed by atoms with Crippen molar-refractivity contribution in [1.82, 2.24) is 15.5 Å². The van der Waals surface area contributed by atoms with Crippen molar-refractivity contribution in [2.75, 3.05) is 13.7 Å². The van der Waals surface area contributed by atoms with Crippen molar-refractivity contribution in [2.45, 2.75) is 6.42 Å². The molecule has 0 aliphatic carbocycles. The topological polar surface area (TPSA) is 77.2 Å². The summed E-state index contributed by atoms with van der Waals surface area (Å²) in [5.74, 6) is 1.26. The second-order valence-electron chi connectivity index (χ2n) is 5.22. The Balaban J connectivity index is 1.57. The predicted molar refractivity (Wildman–Crippen MR) is 93.8 cm³/mol. The standard InChI is InChI=1S/C18H16ClN3O3/c1-24-15-5-3-2-4-14(15)18(23)20-11-10-16-21-17(22-25-16)12-6-8-13(19)9-7-12/h2-9H,10-11H2,1H3,(H,20,23). The normalized spacial score (nSPS) is 10.5. The maximum atomic E-state index is 12.2. The highest BCUT2D eigenvalue weighted by Gasteiger charge is 2.12. The monoisotopic (exact) mass is 357 g/mol. The minimum atomic E-state index is -0.213. The SMILES string of the molecule is COc1ccccc1C(=O)NCCc1nc(-c2ccc(Cl)cc2)no1. The van der Waals surface area contributed by atoms with Crippen molar-refractivity contribution < 1.29 is 14.1 Å². The summed E-state index contributed by atoms with van der Waals surface area (Å²) in [4.78, 5) is 16.5. The fourth-order valence-corrected chi connectivity index (χ4v) is 2.41. The highest BCUT2D eigenvalue weighted by atomic mass is 35.5. The zero-order chi connectivity index (χ0) is 17.6. The zero-order valence-corrected chi connectivity index (χ0v) is 14.3. The fraction of sp³-hybridized carbons (Fsp3) is 0.167. The highest BCUT2D eigenvalue weighted by molar-refractivity contribution is 6.30. The summed E-state index contributed by atoms with van der Waals surface area (Å²) in [6.45, 7) is 0.374. The van der Waals surface area contributed by atoms with Crippen molar-refractivity contribution in [2.24, 2.45) is 0 Å². The minimum absolute atomic E-state index is 0.213. The first-order chi connectivity index (χ1) is 12.2. The summed E-state index contributed by atoms with van der Waals surface area (Å²) < 4.78 is 10.4. The molecule has 0 spiro atoms. The smallest absolute Gasteiger partial charge is 0.255 e. The van der Waals surface area contributed by atoms with Crippen LogP contribution in [0.3, 0.4) is 0 Å². The largest absolute Gasteiger partial charge is 0.496 e. The van der Waals surface area contributed by atoms with Gasteiger partial charge >= 0.3 is 0 Å². The van der Waals surface area contributed by atoms with E-state index in [1.807, 2.05) is 18.2 Å². The molecule has 0 radical (unpaired) electrons. The molecule has 1 heterocycles. The van der Waals surface area contributed by atoms with Crippen molar-refractivity contribution in [3.63, 3.8) is 0 Å². The van der Waals surface area contributed by atoms with Crippen LogP contribution in [0.2, 0.25) is 5.02 Å². The second kappa shape index (κ2) is 7.81. The van der Waals surface area contributed by atoms with E-state index in [-0.39, 0.29) is 5.91 Å². The number of ether oxygens (including phenoxy) is 1. The summed E-state index contributed by atoms with van der Waals surface area (Å²) in [5.41, 5.74) is 1.30. The summed E-state index contributed by atoms with van der Waals surface area (Å²) >= 11 is 5.86. The minimum Gasteiger partial charge on any atom is -0.496 e. The van der Waals surface area contributed by atoms with Crippen LogP contribution in [0.5, 0.6) is 5.75 Å². The van der Waals surface area contributed by atoms with Crippen molar-refractivity contribution in [3.8, 4) is 17.1 Å². The van der Waals surface area contributed by atoms with Crippen LogP contribution in [0.4, 0.5) is 0 Å². The van der Waals surface area contributed by atoms with E-state index in [1.54, 1.807) is 30.3 Å². The van der Waals surface area contributed by atoms with Gasteiger partial charge in [-0.25, -0.2) is 0 Å². The van der Waals surface area contributed by atoms with Gasteiger partial charge in [0.2, 0.25) is 11.7 Å². The molecule has 0 bridgehead atoms. The molecule has 0 aliphatic rings. The summed E-state index contributed by atoms with van der Waals surface area (Å²) in [6.07, 6.45) is 0.432. The number of para-hydroxylation sites is 1. The van der Waals surface area contributed by atoms with Crippen LogP contribution in [0.1, 0.15) is 16.2 Å². The highest BCUT2D eigenvalue weighted by Crippen LogP contribution is 2.19. The van der Waals surface area contributed by atoms with E-state index in [1.165, 1.54) is 7.11 Å². The number of methoxy groups -OCH3 is 1. The Kier molecular flexibility index (Phi) is 5.30. The van der Waals surface area contributed by atoms with E-state index >= 15 is 0 Å². The lowest BCUT2D eigenvalue weighted by Crippen LogP contribution is -2.26. The molecule has 2 aromatic carbocycles. The van der Waals surface area contributed by atoms with Gasteiger partial charge in [0.1, 0.15) is 5.75 Å². The number of hydrogen-bond acceptors (Lipinski definition) is 5. The zero-order valence-electron chi connectivity index (χ0n) is 13.5. The van der Waals surface area contributed by atoms with E-state index in [0.717, 1.165) is 5.56 Å². The lowest BCUT2D eigenvalue weighted by atomic mass is 10.2. The van der Waals surface area contributed by atoms with Gasteiger partial charge in [0.15, 0.2) is 0 Å². The first kappa shape index (κ1) is 17.0. The number of rotatable bonds is 6. The number of amides is 1. The van der Waals surface area contributed by atoms with E-state index in [2.05, 4.69) is 15.5 Å². The van der Waals surface area contributed by atoms with Gasteiger partial charge in [-0.2, -0.15) is 4.98 Å². The molecule has 0 saturated heterocycles. The van der Waals surface area contributed by atoms with Crippen LogP contribution in [0, 0.1) is 0 Å². The van der Waals surface area contributed by atoms with Crippen molar-refractivity contribution in [1.29, 1.82) is 0 Å². The Morgan fingerprint density at radius 1 is 1.20 bits per heavy atom. The molecule has 3 rings (SSSR count). The van der Waals surface area contributed by atoms with Gasteiger partial charge in [0.25, 0.3) is 5.91 Å². The molecule has 0 atom stereocenters. The van der Waals surface area contributed by atoms with Gasteiger partial charge in [0.05, 0.1) is 12.7 Å². The van der Waals surface area contributed by atoms with Gasteiger partial charge in [-0.1, -0.05) is 28.9 Å². The lowest BCUT2D eigenvalue weighted by molar-refractivity contribution is 0.0950. The van der Waals surface area contributed by atoms with Crippen LogP contribution in [0.25, 0.3) is 11.4 Å². The third-order valence-corrected chi connectivity index (χ3v) is 3.80. The van der Waals surface area contributed by atoms with Gasteiger partial charge in [-0.05, 0) is 36.4 Å². The van der Waals surface area contributed by atoms with Crippen LogP contribution < -0.4 is 10.1 Å². The number of carbonyl (C=O) groups excluding carboxylic acids is 1. The van der Waals surface area contributed by atoms with Crippen molar-refractivity contribution in [3.05, 3.63) is 65.0 Å². The quantitative estimate of drug-likeness (QED) is 0.731. The number of hydrogen-bond donors (Lipinski definition) is 1. The number of halogens is 1. The van der Waals surface area contributed by atoms with E-state index in [0.29, 0.717) is 41.0 Å².